The van der Waals surface area contributed by atoms with Crippen molar-refractivity contribution in [3.05, 3.63) is 60.7 Å². The van der Waals surface area contributed by atoms with Crippen molar-refractivity contribution in [1.82, 2.24) is 9.80 Å². The van der Waals surface area contributed by atoms with Crippen LogP contribution in [0, 0.1) is 0 Å². The zero-order chi connectivity index (χ0) is 24.8. The van der Waals surface area contributed by atoms with Crippen molar-refractivity contribution in [2.45, 2.75) is 45.6 Å². The summed E-state index contributed by atoms with van der Waals surface area (Å²) in [5.74, 6) is -0.0755. The number of hydrogen-bond acceptors (Lipinski definition) is 4. The number of nitrogens with zero attached hydrogens (tertiary/aromatic N) is 2. The lowest BCUT2D eigenvalue weighted by Gasteiger charge is -2.42. The number of piperazine rings is 1. The molecule has 0 N–H and O–H groups in total. The Labute approximate surface area is 204 Å². The van der Waals surface area contributed by atoms with E-state index in [1.165, 1.54) is 0 Å². The second-order valence-corrected chi connectivity index (χ2v) is 14.2. The van der Waals surface area contributed by atoms with Gasteiger partial charge < -0.3 is 14.2 Å². The van der Waals surface area contributed by atoms with E-state index in [2.05, 4.69) is 45.0 Å². The molecule has 0 spiro atoms. The van der Waals surface area contributed by atoms with Crippen molar-refractivity contribution >= 4 is 36.3 Å². The molecule has 0 saturated carbocycles. The van der Waals surface area contributed by atoms with Crippen molar-refractivity contribution < 1.29 is 18.8 Å². The number of ketones is 1. The van der Waals surface area contributed by atoms with E-state index in [1.54, 1.807) is 16.7 Å². The minimum atomic E-state index is -2.77. The number of carbonyl (C=O) groups is 3. The van der Waals surface area contributed by atoms with Crippen LogP contribution in [-0.2, 0) is 18.8 Å². The molecule has 0 atom stereocenters. The van der Waals surface area contributed by atoms with Crippen LogP contribution in [0.3, 0.4) is 0 Å². The third kappa shape index (κ3) is 5.83. The van der Waals surface area contributed by atoms with Crippen LogP contribution < -0.4 is 10.4 Å². The quantitative estimate of drug-likeness (QED) is 0.545. The van der Waals surface area contributed by atoms with Gasteiger partial charge >= 0.3 is 0 Å². The molecule has 0 aromatic heterocycles. The molecule has 6 nitrogen and oxygen atoms in total. The van der Waals surface area contributed by atoms with E-state index >= 15 is 0 Å². The Morgan fingerprint density at radius 1 is 0.794 bits per heavy atom. The lowest BCUT2D eigenvalue weighted by atomic mass is 10.2. The molecule has 2 amide bonds. The van der Waals surface area contributed by atoms with Gasteiger partial charge in [-0.2, -0.15) is 0 Å². The molecule has 0 bridgehead atoms. The van der Waals surface area contributed by atoms with Crippen molar-refractivity contribution in [1.29, 1.82) is 0 Å². The lowest BCUT2D eigenvalue weighted by molar-refractivity contribution is -0.139. The summed E-state index contributed by atoms with van der Waals surface area (Å²) in [7, 11) is -2.77. The summed E-state index contributed by atoms with van der Waals surface area (Å²) in [5, 5.41) is 2.05. The highest BCUT2D eigenvalue weighted by molar-refractivity contribution is 6.99. The maximum Gasteiger partial charge on any atom is 0.261 e. The zero-order valence-corrected chi connectivity index (χ0v) is 21.8. The highest BCUT2D eigenvalue weighted by atomic mass is 28.4. The van der Waals surface area contributed by atoms with E-state index in [0.717, 1.165) is 10.4 Å². The zero-order valence-electron chi connectivity index (χ0n) is 20.8. The Hall–Kier alpha value is -2.77. The monoisotopic (exact) mass is 480 g/mol. The summed E-state index contributed by atoms with van der Waals surface area (Å²) in [4.78, 5) is 40.5. The first-order valence-electron chi connectivity index (χ1n) is 11.9. The Bertz CT molecular complexity index is 941. The van der Waals surface area contributed by atoms with E-state index in [-0.39, 0.29) is 42.1 Å². The lowest BCUT2D eigenvalue weighted by Crippen LogP contribution is -2.67. The Morgan fingerprint density at radius 2 is 1.26 bits per heavy atom. The number of benzene rings is 2. The molecule has 34 heavy (non-hydrogen) atoms. The van der Waals surface area contributed by atoms with Crippen molar-refractivity contribution in [3.63, 3.8) is 0 Å². The van der Waals surface area contributed by atoms with Gasteiger partial charge in [-0.05, 0) is 15.4 Å². The second-order valence-electron chi connectivity index (χ2n) is 9.88. The molecule has 0 unspecified atom stereocenters. The van der Waals surface area contributed by atoms with Gasteiger partial charge in [-0.15, -0.1) is 0 Å². The van der Waals surface area contributed by atoms with Gasteiger partial charge in [0.2, 0.25) is 11.8 Å². The first-order chi connectivity index (χ1) is 16.1. The van der Waals surface area contributed by atoms with Crippen LogP contribution in [0.4, 0.5) is 0 Å². The first kappa shape index (κ1) is 25.8. The molecule has 7 heteroatoms. The average molecular weight is 481 g/mol. The topological polar surface area (TPSA) is 66.9 Å². The Balaban J connectivity index is 1.68. The summed E-state index contributed by atoms with van der Waals surface area (Å²) in [6.45, 7) is 10.2. The molecule has 182 valence electrons. The minimum Gasteiger partial charge on any atom is -0.400 e. The Kier molecular flexibility index (Phi) is 8.44. The Morgan fingerprint density at radius 3 is 1.71 bits per heavy atom. The third-order valence-corrected chi connectivity index (χ3v) is 11.5. The highest BCUT2D eigenvalue weighted by Crippen LogP contribution is 2.36. The van der Waals surface area contributed by atoms with Crippen molar-refractivity contribution in [2.24, 2.45) is 0 Å². The molecule has 1 aliphatic heterocycles. The van der Waals surface area contributed by atoms with Gasteiger partial charge in [0, 0.05) is 45.9 Å². The summed E-state index contributed by atoms with van der Waals surface area (Å²) >= 11 is 0. The molecule has 2 aromatic carbocycles. The molecular formula is C27H36N2O4Si. The molecule has 1 saturated heterocycles. The molecule has 1 aliphatic rings. The summed E-state index contributed by atoms with van der Waals surface area (Å²) in [6.07, 6.45) is 0.326. The van der Waals surface area contributed by atoms with E-state index in [1.807, 2.05) is 36.4 Å². The highest BCUT2D eigenvalue weighted by Gasteiger charge is 2.50. The van der Waals surface area contributed by atoms with E-state index < -0.39 is 8.32 Å². The van der Waals surface area contributed by atoms with Crippen LogP contribution in [0.15, 0.2) is 60.7 Å². The second kappa shape index (κ2) is 11.1. The van der Waals surface area contributed by atoms with Crippen LogP contribution in [0.2, 0.25) is 5.04 Å². The SMILES string of the molecule is CC(=O)N1CCN(C(=O)CCC(=O)CO[Si](c2ccccc2)(c2ccccc2)C(C)(C)C)CC1. The molecule has 0 aliphatic carbocycles. The summed E-state index contributed by atoms with van der Waals surface area (Å²) < 4.78 is 6.67. The van der Waals surface area contributed by atoms with Crippen LogP contribution in [0.25, 0.3) is 0 Å². The number of hydrogen-bond donors (Lipinski definition) is 0. The number of carbonyl (C=O) groups excluding carboxylic acids is 3. The number of amides is 2. The summed E-state index contributed by atoms with van der Waals surface area (Å²) in [6, 6.07) is 20.4. The summed E-state index contributed by atoms with van der Waals surface area (Å²) in [5.41, 5.74) is 0. The van der Waals surface area contributed by atoms with Crippen LogP contribution in [-0.4, -0.2) is 68.5 Å². The fourth-order valence-electron chi connectivity index (χ4n) is 4.70. The standard InChI is InChI=1S/C27H36N2O4Si/c1-22(30)28-17-19-29(20-18-28)26(32)16-15-23(31)21-33-34(27(2,3)4,24-11-7-5-8-12-24)25-13-9-6-10-14-25/h5-14H,15-21H2,1-4H3. The molecule has 1 heterocycles. The number of Topliss-reactive ketones (excluding diaryl/α,β-unsaturated/α-hetero) is 1. The van der Waals surface area contributed by atoms with Gasteiger partial charge in [-0.1, -0.05) is 81.4 Å². The van der Waals surface area contributed by atoms with Gasteiger partial charge in [-0.3, -0.25) is 14.4 Å². The maximum absolute atomic E-state index is 12.9. The third-order valence-electron chi connectivity index (χ3n) is 6.56. The normalized spacial score (nSPS) is 14.7. The molecule has 0 radical (unpaired) electrons. The number of rotatable bonds is 8. The maximum atomic E-state index is 12.9. The van der Waals surface area contributed by atoms with Gasteiger partial charge in [0.15, 0.2) is 5.78 Å². The van der Waals surface area contributed by atoms with Gasteiger partial charge in [-0.25, -0.2) is 0 Å². The van der Waals surface area contributed by atoms with Crippen molar-refractivity contribution in [2.75, 3.05) is 32.8 Å². The largest absolute Gasteiger partial charge is 0.400 e. The smallest absolute Gasteiger partial charge is 0.261 e. The fraction of sp³-hybridized carbons (Fsp3) is 0.444. The van der Waals surface area contributed by atoms with E-state index in [4.69, 9.17) is 4.43 Å². The van der Waals surface area contributed by atoms with Crippen LogP contribution in [0.5, 0.6) is 0 Å². The van der Waals surface area contributed by atoms with E-state index in [9.17, 15) is 14.4 Å². The van der Waals surface area contributed by atoms with Gasteiger partial charge in [0.25, 0.3) is 8.32 Å². The van der Waals surface area contributed by atoms with Crippen molar-refractivity contribution in [3.8, 4) is 0 Å². The molecular weight excluding hydrogens is 444 g/mol. The average Bonchev–Trinajstić information content (AvgIpc) is 2.83. The minimum absolute atomic E-state index is 0.0152. The van der Waals surface area contributed by atoms with Gasteiger partial charge in [0.1, 0.15) is 0 Å². The predicted octanol–water partition coefficient (Wildman–Crippen LogP) is 2.60. The molecule has 1 fully saturated rings. The molecule has 3 rings (SSSR count). The van der Waals surface area contributed by atoms with Gasteiger partial charge in [0.05, 0.1) is 6.61 Å². The molecule has 2 aromatic rings. The van der Waals surface area contributed by atoms with E-state index in [0.29, 0.717) is 26.2 Å². The van der Waals surface area contributed by atoms with Crippen LogP contribution >= 0.6 is 0 Å². The predicted molar refractivity (Wildman–Crippen MR) is 137 cm³/mol. The fourth-order valence-corrected chi connectivity index (χ4v) is 9.23. The van der Waals surface area contributed by atoms with Crippen LogP contribution in [0.1, 0.15) is 40.5 Å². The first-order valence-corrected chi connectivity index (χ1v) is 13.9.